The van der Waals surface area contributed by atoms with Crippen molar-refractivity contribution in [1.82, 2.24) is 4.98 Å². The highest BCUT2D eigenvalue weighted by atomic mass is 19.3. The van der Waals surface area contributed by atoms with Crippen LogP contribution in [0.25, 0.3) is 10.8 Å². The molecule has 0 atom stereocenters. The Morgan fingerprint density at radius 2 is 1.56 bits per heavy atom. The number of fused-ring (bicyclic) bond motifs is 1. The molecule has 1 heterocycles. The fourth-order valence-corrected chi connectivity index (χ4v) is 4.20. The van der Waals surface area contributed by atoms with Gasteiger partial charge in [0.2, 0.25) is 0 Å². The Bertz CT molecular complexity index is 1340. The van der Waals surface area contributed by atoms with Crippen molar-refractivity contribution >= 4 is 10.8 Å². The molecule has 0 amide bonds. The summed E-state index contributed by atoms with van der Waals surface area (Å²) in [4.78, 5) is 4.54. The topological polar surface area (TPSA) is 22.1 Å². The largest absolute Gasteiger partial charge is 0.432 e. The van der Waals surface area contributed by atoms with Gasteiger partial charge in [-0.1, -0.05) is 48.5 Å². The maximum absolute atomic E-state index is 15.2. The van der Waals surface area contributed by atoms with E-state index in [0.717, 1.165) is 48.4 Å². The Hall–Kier alpha value is -3.67. The van der Waals surface area contributed by atoms with Gasteiger partial charge in [-0.3, -0.25) is 4.98 Å². The molecule has 0 bridgehead atoms. The lowest BCUT2D eigenvalue weighted by Gasteiger charge is -2.10. The number of aromatic nitrogens is 1. The molecule has 4 rings (SSSR count). The molecule has 0 unspecified atom stereocenters. The van der Waals surface area contributed by atoms with Crippen molar-refractivity contribution in [2.24, 2.45) is 0 Å². The van der Waals surface area contributed by atoms with Gasteiger partial charge in [0.15, 0.2) is 11.6 Å². The molecule has 2 nitrogen and oxygen atoms in total. The molecule has 0 aliphatic carbocycles. The first-order chi connectivity index (χ1) is 17.4. The number of halogens is 4. The van der Waals surface area contributed by atoms with Crippen LogP contribution in [0.3, 0.4) is 0 Å². The van der Waals surface area contributed by atoms with Crippen molar-refractivity contribution < 1.29 is 22.3 Å². The summed E-state index contributed by atoms with van der Waals surface area (Å²) in [5.74, 6) is -1.66. The van der Waals surface area contributed by atoms with Crippen LogP contribution in [-0.4, -0.2) is 11.6 Å². The van der Waals surface area contributed by atoms with E-state index in [1.807, 2.05) is 30.5 Å². The summed E-state index contributed by atoms with van der Waals surface area (Å²) in [5.41, 5.74) is 4.41. The fraction of sp³-hybridized carbons (Fsp3) is 0.233. The predicted octanol–water partition coefficient (Wildman–Crippen LogP) is 7.80. The van der Waals surface area contributed by atoms with Gasteiger partial charge in [0.05, 0.1) is 0 Å². The molecule has 0 N–H and O–H groups in total. The highest BCUT2D eigenvalue weighted by Crippen LogP contribution is 2.25. The molecule has 0 aliphatic heterocycles. The SMILES string of the molecule is C=CCCc1ccc(CCc2ccc3c(F)c(CCc4ccc(OC(F)F)c(F)c4)ccc3c2)nc1. The van der Waals surface area contributed by atoms with E-state index >= 15 is 4.39 Å². The number of rotatable bonds is 11. The molecule has 36 heavy (non-hydrogen) atoms. The number of alkyl halides is 2. The van der Waals surface area contributed by atoms with E-state index in [9.17, 15) is 13.2 Å². The lowest BCUT2D eigenvalue weighted by molar-refractivity contribution is -0.0522. The minimum Gasteiger partial charge on any atom is -0.432 e. The second kappa shape index (κ2) is 11.8. The molecule has 1 aromatic heterocycles. The summed E-state index contributed by atoms with van der Waals surface area (Å²) < 4.78 is 57.9. The van der Waals surface area contributed by atoms with Crippen molar-refractivity contribution in [1.29, 1.82) is 0 Å². The quantitative estimate of drug-likeness (QED) is 0.157. The summed E-state index contributed by atoms with van der Waals surface area (Å²) in [6.45, 7) is 0.653. The van der Waals surface area contributed by atoms with Crippen LogP contribution in [0.1, 0.15) is 34.4 Å². The first-order valence-corrected chi connectivity index (χ1v) is 11.9. The van der Waals surface area contributed by atoms with Gasteiger partial charge in [-0.2, -0.15) is 8.78 Å². The van der Waals surface area contributed by atoms with Crippen LogP contribution < -0.4 is 4.74 Å². The Kier molecular flexibility index (Phi) is 8.36. The number of nitrogens with zero attached hydrogens (tertiary/aromatic N) is 1. The van der Waals surface area contributed by atoms with E-state index in [1.165, 1.54) is 17.7 Å². The number of ether oxygens (including phenoxy) is 1. The average molecular weight is 494 g/mol. The van der Waals surface area contributed by atoms with Crippen molar-refractivity contribution in [2.75, 3.05) is 0 Å². The third kappa shape index (κ3) is 6.51. The maximum Gasteiger partial charge on any atom is 0.387 e. The van der Waals surface area contributed by atoms with E-state index in [1.54, 1.807) is 12.1 Å². The molecular weight excluding hydrogens is 466 g/mol. The lowest BCUT2D eigenvalue weighted by Crippen LogP contribution is -2.04. The van der Waals surface area contributed by atoms with Crippen LogP contribution >= 0.6 is 0 Å². The standard InChI is InChI=1S/C30H27F4NO/c1-2-3-4-22-7-14-25(35-19-22)13-6-20-8-15-26-24(17-20)12-11-23(29(26)32)10-5-21-9-16-28(27(31)18-21)36-30(33)34/h2,7-9,11-12,14-19,30H,1,3-6,10,13H2. The van der Waals surface area contributed by atoms with Gasteiger partial charge >= 0.3 is 6.61 Å². The summed E-state index contributed by atoms with van der Waals surface area (Å²) in [6, 6.07) is 17.3. The van der Waals surface area contributed by atoms with Crippen LogP contribution in [0, 0.1) is 11.6 Å². The monoisotopic (exact) mass is 493 g/mol. The minimum absolute atomic E-state index is 0.297. The highest BCUT2D eigenvalue weighted by molar-refractivity contribution is 5.84. The average Bonchev–Trinajstić information content (AvgIpc) is 2.87. The molecule has 3 aromatic carbocycles. The normalized spacial score (nSPS) is 11.2. The van der Waals surface area contributed by atoms with Gasteiger partial charge < -0.3 is 4.74 Å². The van der Waals surface area contributed by atoms with Gasteiger partial charge in [0, 0.05) is 17.3 Å². The van der Waals surface area contributed by atoms with Crippen molar-refractivity contribution in [3.63, 3.8) is 0 Å². The highest BCUT2D eigenvalue weighted by Gasteiger charge is 2.12. The smallest absolute Gasteiger partial charge is 0.387 e. The van der Waals surface area contributed by atoms with Crippen molar-refractivity contribution in [3.05, 3.63) is 119 Å². The Morgan fingerprint density at radius 1 is 0.806 bits per heavy atom. The third-order valence-electron chi connectivity index (χ3n) is 6.19. The first-order valence-electron chi connectivity index (χ1n) is 11.9. The van der Waals surface area contributed by atoms with Gasteiger partial charge in [0.1, 0.15) is 5.82 Å². The van der Waals surface area contributed by atoms with Gasteiger partial charge in [-0.05, 0) is 84.4 Å². The Balaban J connectivity index is 1.39. The van der Waals surface area contributed by atoms with Crippen LogP contribution in [0.5, 0.6) is 5.75 Å². The fourth-order valence-electron chi connectivity index (χ4n) is 4.20. The van der Waals surface area contributed by atoms with Crippen LogP contribution in [0.15, 0.2) is 79.5 Å². The van der Waals surface area contributed by atoms with Crippen LogP contribution in [0.2, 0.25) is 0 Å². The molecule has 0 spiro atoms. The zero-order valence-electron chi connectivity index (χ0n) is 19.8. The zero-order valence-corrected chi connectivity index (χ0v) is 19.8. The molecule has 0 fully saturated rings. The molecular formula is C30H27F4NO. The number of benzene rings is 3. The molecule has 0 saturated heterocycles. The number of allylic oxidation sites excluding steroid dienone is 1. The number of pyridine rings is 1. The molecule has 0 radical (unpaired) electrons. The van der Waals surface area contributed by atoms with E-state index in [0.29, 0.717) is 29.4 Å². The summed E-state index contributed by atoms with van der Waals surface area (Å²) in [6.07, 6.45) is 8.00. The van der Waals surface area contributed by atoms with E-state index < -0.39 is 18.2 Å². The number of hydrogen-bond acceptors (Lipinski definition) is 2. The Labute approximate surface area is 208 Å². The van der Waals surface area contributed by atoms with Crippen molar-refractivity contribution in [3.8, 4) is 5.75 Å². The summed E-state index contributed by atoms with van der Waals surface area (Å²) >= 11 is 0. The molecule has 4 aromatic rings. The van der Waals surface area contributed by atoms with Crippen LogP contribution in [-0.2, 0) is 32.1 Å². The van der Waals surface area contributed by atoms with Gasteiger partial charge in [0.25, 0.3) is 0 Å². The second-order valence-corrected chi connectivity index (χ2v) is 8.72. The van der Waals surface area contributed by atoms with E-state index in [-0.39, 0.29) is 5.82 Å². The summed E-state index contributed by atoms with van der Waals surface area (Å²) in [7, 11) is 0. The lowest BCUT2D eigenvalue weighted by atomic mass is 9.97. The Morgan fingerprint density at radius 3 is 2.28 bits per heavy atom. The van der Waals surface area contributed by atoms with Gasteiger partial charge in [-0.15, -0.1) is 6.58 Å². The maximum atomic E-state index is 15.2. The second-order valence-electron chi connectivity index (χ2n) is 8.72. The van der Waals surface area contributed by atoms with E-state index in [4.69, 9.17) is 0 Å². The molecule has 0 saturated carbocycles. The number of hydrogen-bond donors (Lipinski definition) is 0. The number of aryl methyl sites for hydroxylation is 5. The predicted molar refractivity (Wildman–Crippen MR) is 135 cm³/mol. The molecule has 6 heteroatoms. The molecule has 186 valence electrons. The molecule has 0 aliphatic rings. The van der Waals surface area contributed by atoms with Crippen LogP contribution in [0.4, 0.5) is 17.6 Å². The first kappa shape index (κ1) is 25.4. The zero-order chi connectivity index (χ0) is 25.5. The minimum atomic E-state index is -3.09. The van der Waals surface area contributed by atoms with Gasteiger partial charge in [-0.25, -0.2) is 8.78 Å². The van der Waals surface area contributed by atoms with Crippen molar-refractivity contribution in [2.45, 2.75) is 45.1 Å². The summed E-state index contributed by atoms with van der Waals surface area (Å²) in [5, 5.41) is 1.36. The third-order valence-corrected chi connectivity index (χ3v) is 6.19. The van der Waals surface area contributed by atoms with E-state index in [2.05, 4.69) is 28.4 Å².